The van der Waals surface area contributed by atoms with Crippen LogP contribution >= 0.6 is 15.8 Å². The molecule has 0 aromatic rings. The molecule has 0 amide bonds. The lowest BCUT2D eigenvalue weighted by molar-refractivity contribution is 0.596. The Labute approximate surface area is 174 Å². The van der Waals surface area contributed by atoms with Crippen LogP contribution in [-0.2, 0) is 0 Å². The van der Waals surface area contributed by atoms with Gasteiger partial charge in [-0.1, -0.05) is 117 Å². The van der Waals surface area contributed by atoms with Crippen molar-refractivity contribution >= 4 is 15.8 Å². The first-order valence-corrected chi connectivity index (χ1v) is 13.9. The molecule has 1 unspecified atom stereocenters. The number of rotatable bonds is 10. The summed E-state index contributed by atoms with van der Waals surface area (Å²) in [6.45, 7) is 29.9. The smallest absolute Gasteiger partial charge is 0.0238 e. The van der Waals surface area contributed by atoms with Gasteiger partial charge in [0.25, 0.3) is 0 Å². The minimum absolute atomic E-state index is 0.163. The first-order chi connectivity index (χ1) is 12.2. The van der Waals surface area contributed by atoms with Gasteiger partial charge in [0.1, 0.15) is 0 Å². The molecular weight excluding hydrogens is 362 g/mol. The molecular formula is C25H48P2. The maximum atomic E-state index is 2.59. The quantitative estimate of drug-likeness (QED) is 0.314. The van der Waals surface area contributed by atoms with Crippen molar-refractivity contribution in [3.8, 4) is 0 Å². The summed E-state index contributed by atoms with van der Waals surface area (Å²) >= 11 is 0. The monoisotopic (exact) mass is 410 g/mol. The predicted molar refractivity (Wildman–Crippen MR) is 132 cm³/mol. The SMILES string of the molecule is CCC(C)(C)P(C1=CC=CC1P(C(C)(C)CC)C(C)(C)CC)C(C)(C)CC. The third-order valence-corrected chi connectivity index (χ3v) is 15.8. The summed E-state index contributed by atoms with van der Waals surface area (Å²) in [7, 11) is -0.373. The second kappa shape index (κ2) is 9.00. The molecule has 158 valence electrons. The van der Waals surface area contributed by atoms with Gasteiger partial charge in [-0.25, -0.2) is 0 Å². The van der Waals surface area contributed by atoms with Gasteiger partial charge in [-0.15, -0.1) is 0 Å². The average molecular weight is 411 g/mol. The van der Waals surface area contributed by atoms with Crippen molar-refractivity contribution in [1.82, 2.24) is 0 Å². The van der Waals surface area contributed by atoms with Crippen molar-refractivity contribution in [1.29, 1.82) is 0 Å². The van der Waals surface area contributed by atoms with E-state index in [1.807, 2.05) is 0 Å². The average Bonchev–Trinajstić information content (AvgIpc) is 3.02. The van der Waals surface area contributed by atoms with Crippen LogP contribution in [0.3, 0.4) is 0 Å². The van der Waals surface area contributed by atoms with E-state index >= 15 is 0 Å². The Bertz CT molecular complexity index is 517. The lowest BCUT2D eigenvalue weighted by Crippen LogP contribution is -2.37. The maximum absolute atomic E-state index is 2.59. The summed E-state index contributed by atoms with van der Waals surface area (Å²) in [6, 6.07) is 0. The van der Waals surface area contributed by atoms with Crippen LogP contribution in [0, 0.1) is 0 Å². The second-order valence-electron chi connectivity index (χ2n) is 10.8. The number of allylic oxidation sites excluding steroid dienone is 4. The van der Waals surface area contributed by atoms with E-state index in [1.165, 1.54) is 25.7 Å². The van der Waals surface area contributed by atoms with E-state index in [0.29, 0.717) is 26.3 Å². The molecule has 0 aromatic carbocycles. The molecule has 1 rings (SSSR count). The zero-order chi connectivity index (χ0) is 21.3. The van der Waals surface area contributed by atoms with Crippen molar-refractivity contribution in [2.45, 2.75) is 135 Å². The van der Waals surface area contributed by atoms with Crippen molar-refractivity contribution < 1.29 is 0 Å². The van der Waals surface area contributed by atoms with E-state index in [1.54, 1.807) is 5.31 Å². The highest BCUT2D eigenvalue weighted by molar-refractivity contribution is 7.69. The van der Waals surface area contributed by atoms with Crippen LogP contribution in [-0.4, -0.2) is 26.3 Å². The molecule has 0 fully saturated rings. The first-order valence-electron chi connectivity index (χ1n) is 11.2. The normalized spacial score (nSPS) is 19.3. The highest BCUT2D eigenvalue weighted by Gasteiger charge is 2.49. The molecule has 0 heterocycles. The van der Waals surface area contributed by atoms with E-state index in [9.17, 15) is 0 Å². The Hall–Kier alpha value is 0.340. The first kappa shape index (κ1) is 25.4. The van der Waals surface area contributed by atoms with Crippen LogP contribution in [0.5, 0.6) is 0 Å². The molecule has 0 aliphatic heterocycles. The van der Waals surface area contributed by atoms with Crippen molar-refractivity contribution in [3.05, 3.63) is 23.5 Å². The fourth-order valence-electron chi connectivity index (χ4n) is 4.63. The predicted octanol–water partition coefficient (Wildman–Crippen LogP) is 9.53. The largest absolute Gasteiger partial charge is 0.0834 e. The summed E-state index contributed by atoms with van der Waals surface area (Å²) in [5.74, 6) is 0. The second-order valence-corrected chi connectivity index (χ2v) is 18.1. The van der Waals surface area contributed by atoms with Crippen molar-refractivity contribution in [2.75, 3.05) is 0 Å². The van der Waals surface area contributed by atoms with Gasteiger partial charge in [-0.05, 0) is 51.6 Å². The highest BCUT2D eigenvalue weighted by atomic mass is 31.1. The van der Waals surface area contributed by atoms with Crippen LogP contribution in [0.15, 0.2) is 23.5 Å². The molecule has 0 spiro atoms. The molecule has 0 N–H and O–H groups in total. The minimum atomic E-state index is -0.210. The van der Waals surface area contributed by atoms with E-state index in [2.05, 4.69) is 101 Å². The zero-order valence-corrected chi connectivity index (χ0v) is 22.3. The van der Waals surface area contributed by atoms with Crippen molar-refractivity contribution in [3.63, 3.8) is 0 Å². The third kappa shape index (κ3) is 5.28. The van der Waals surface area contributed by atoms with Crippen LogP contribution in [0.4, 0.5) is 0 Å². The molecule has 0 saturated heterocycles. The maximum Gasteiger partial charge on any atom is 0.0238 e. The van der Waals surface area contributed by atoms with E-state index in [0.717, 1.165) is 0 Å². The molecule has 1 atom stereocenters. The van der Waals surface area contributed by atoms with Gasteiger partial charge in [0.05, 0.1) is 0 Å². The molecule has 27 heavy (non-hydrogen) atoms. The van der Waals surface area contributed by atoms with Crippen LogP contribution in [0.25, 0.3) is 0 Å². The molecule has 1 aliphatic carbocycles. The Kier molecular flexibility index (Phi) is 8.46. The summed E-state index contributed by atoms with van der Waals surface area (Å²) in [5, 5.41) is 3.39. The fraction of sp³-hybridized carbons (Fsp3) is 0.840. The van der Waals surface area contributed by atoms with Crippen LogP contribution in [0.2, 0.25) is 0 Å². The standard InChI is InChI=1S/C25H48P2/c1-13-22(5,6)26(23(7,8)14-2)20-18-17-19-21(20)27(24(9,10)15-3)25(11,12)16-4/h17-20H,13-16H2,1-12H3. The number of hydrogen-bond acceptors (Lipinski definition) is 0. The zero-order valence-electron chi connectivity index (χ0n) is 20.5. The van der Waals surface area contributed by atoms with Gasteiger partial charge in [0, 0.05) is 5.66 Å². The topological polar surface area (TPSA) is 0 Å². The van der Waals surface area contributed by atoms with Gasteiger partial charge in [-0.2, -0.15) is 0 Å². The summed E-state index contributed by atoms with van der Waals surface area (Å²) in [4.78, 5) is 0. The summed E-state index contributed by atoms with van der Waals surface area (Å²) < 4.78 is 0. The molecule has 0 aromatic heterocycles. The molecule has 0 nitrogen and oxygen atoms in total. The summed E-state index contributed by atoms with van der Waals surface area (Å²) in [5.41, 5.74) is 0.660. The highest BCUT2D eigenvalue weighted by Crippen LogP contribution is 2.75. The number of hydrogen-bond donors (Lipinski definition) is 0. The van der Waals surface area contributed by atoms with E-state index in [-0.39, 0.29) is 15.8 Å². The van der Waals surface area contributed by atoms with E-state index < -0.39 is 0 Å². The Balaban J connectivity index is 3.55. The molecule has 2 heteroatoms. The third-order valence-electron chi connectivity index (χ3n) is 7.38. The van der Waals surface area contributed by atoms with Crippen LogP contribution < -0.4 is 0 Å². The van der Waals surface area contributed by atoms with Gasteiger partial charge in [0.15, 0.2) is 0 Å². The van der Waals surface area contributed by atoms with Gasteiger partial charge < -0.3 is 0 Å². The lowest BCUT2D eigenvalue weighted by atomic mass is 10.1. The lowest BCUT2D eigenvalue weighted by Gasteiger charge is -2.53. The van der Waals surface area contributed by atoms with E-state index in [4.69, 9.17) is 0 Å². The molecule has 0 saturated carbocycles. The van der Waals surface area contributed by atoms with Gasteiger partial charge in [0.2, 0.25) is 0 Å². The Morgan fingerprint density at radius 2 is 1.04 bits per heavy atom. The van der Waals surface area contributed by atoms with Gasteiger partial charge in [-0.3, -0.25) is 0 Å². The molecule has 1 aliphatic rings. The molecule has 0 bridgehead atoms. The molecule has 0 radical (unpaired) electrons. The Morgan fingerprint density at radius 1 is 0.667 bits per heavy atom. The van der Waals surface area contributed by atoms with Crippen LogP contribution in [0.1, 0.15) is 109 Å². The fourth-order valence-corrected chi connectivity index (χ4v) is 14.0. The van der Waals surface area contributed by atoms with Gasteiger partial charge >= 0.3 is 0 Å². The summed E-state index contributed by atoms with van der Waals surface area (Å²) in [6.07, 6.45) is 12.6. The van der Waals surface area contributed by atoms with Crippen molar-refractivity contribution in [2.24, 2.45) is 0 Å². The minimum Gasteiger partial charge on any atom is -0.0834 e. The Morgan fingerprint density at radius 3 is 1.37 bits per heavy atom.